The fraction of sp³-hybridized carbons (Fsp3) is 0.200. The fourth-order valence-electron chi connectivity index (χ4n) is 2.37. The molecule has 1 heterocycles. The molecule has 92 valence electrons. The largest absolute Gasteiger partial charge is 0.464 e. The van der Waals surface area contributed by atoms with Crippen LogP contribution >= 0.6 is 0 Å². The summed E-state index contributed by atoms with van der Waals surface area (Å²) in [6.45, 7) is 0. The van der Waals surface area contributed by atoms with Crippen LogP contribution in [0.1, 0.15) is 11.9 Å². The second-order valence-electron chi connectivity index (χ2n) is 4.15. The third-order valence-electron chi connectivity index (χ3n) is 3.17. The van der Waals surface area contributed by atoms with Gasteiger partial charge in [-0.25, -0.2) is 0 Å². The molecular weight excluding hydrogens is 228 g/mol. The van der Waals surface area contributed by atoms with Gasteiger partial charge < -0.3 is 13.9 Å². The van der Waals surface area contributed by atoms with Gasteiger partial charge in [0.1, 0.15) is 5.58 Å². The molecule has 0 aliphatic carbocycles. The summed E-state index contributed by atoms with van der Waals surface area (Å²) in [5, 5.41) is 3.42. The predicted molar refractivity (Wildman–Crippen MR) is 70.5 cm³/mol. The molecule has 18 heavy (non-hydrogen) atoms. The fourth-order valence-corrected chi connectivity index (χ4v) is 2.37. The van der Waals surface area contributed by atoms with Gasteiger partial charge in [-0.2, -0.15) is 0 Å². The molecule has 0 aliphatic heterocycles. The average Bonchev–Trinajstić information content (AvgIpc) is 2.89. The number of ether oxygens (including phenoxy) is 2. The summed E-state index contributed by atoms with van der Waals surface area (Å²) in [6.07, 6.45) is 1.28. The maximum atomic E-state index is 5.58. The Kier molecular flexibility index (Phi) is 2.78. The predicted octanol–water partition coefficient (Wildman–Crippen LogP) is 3.88. The van der Waals surface area contributed by atoms with Gasteiger partial charge >= 0.3 is 0 Å². The van der Waals surface area contributed by atoms with E-state index in [-0.39, 0.29) is 0 Å². The van der Waals surface area contributed by atoms with Gasteiger partial charge in [0.25, 0.3) is 0 Å². The van der Waals surface area contributed by atoms with E-state index in [2.05, 4.69) is 18.2 Å². The minimum absolute atomic E-state index is 0.414. The Morgan fingerprint density at radius 2 is 1.78 bits per heavy atom. The van der Waals surface area contributed by atoms with Crippen molar-refractivity contribution < 1.29 is 13.9 Å². The standard InChI is InChI=1S/C15H14O3/c1-16-15(17-2)13-9-10-5-3-4-6-11(10)12-7-8-18-14(12)13/h3-9,15H,1-2H3. The Bertz CT molecular complexity index is 680. The van der Waals surface area contributed by atoms with Gasteiger partial charge in [-0.05, 0) is 22.9 Å². The summed E-state index contributed by atoms with van der Waals surface area (Å²) in [5.74, 6) is 0. The molecule has 0 amide bonds. The molecule has 3 aromatic rings. The Morgan fingerprint density at radius 1 is 1.00 bits per heavy atom. The lowest BCUT2D eigenvalue weighted by atomic mass is 10.0. The van der Waals surface area contributed by atoms with E-state index in [0.29, 0.717) is 0 Å². The zero-order chi connectivity index (χ0) is 12.5. The van der Waals surface area contributed by atoms with Crippen LogP contribution < -0.4 is 0 Å². The lowest BCUT2D eigenvalue weighted by Crippen LogP contribution is -2.04. The van der Waals surface area contributed by atoms with E-state index >= 15 is 0 Å². The van der Waals surface area contributed by atoms with Crippen LogP contribution in [0, 0.1) is 0 Å². The Morgan fingerprint density at radius 3 is 2.56 bits per heavy atom. The Labute approximate surface area is 105 Å². The van der Waals surface area contributed by atoms with Crippen LogP contribution in [0.15, 0.2) is 47.1 Å². The molecule has 0 N–H and O–H groups in total. The first kappa shape index (κ1) is 11.3. The van der Waals surface area contributed by atoms with E-state index in [1.165, 1.54) is 5.39 Å². The summed E-state index contributed by atoms with van der Waals surface area (Å²) >= 11 is 0. The highest BCUT2D eigenvalue weighted by atomic mass is 16.7. The first-order valence-electron chi connectivity index (χ1n) is 5.79. The zero-order valence-corrected chi connectivity index (χ0v) is 10.3. The Balaban J connectivity index is 2.38. The van der Waals surface area contributed by atoms with E-state index < -0.39 is 6.29 Å². The number of fused-ring (bicyclic) bond motifs is 3. The average molecular weight is 242 g/mol. The van der Waals surface area contributed by atoms with Gasteiger partial charge in [0.05, 0.1) is 11.8 Å². The molecule has 0 aliphatic rings. The highest BCUT2D eigenvalue weighted by molar-refractivity contribution is 6.07. The van der Waals surface area contributed by atoms with Crippen molar-refractivity contribution in [3.05, 3.63) is 48.2 Å². The zero-order valence-electron chi connectivity index (χ0n) is 10.3. The number of rotatable bonds is 3. The number of hydrogen-bond donors (Lipinski definition) is 0. The summed E-state index contributed by atoms with van der Waals surface area (Å²) in [4.78, 5) is 0. The molecule has 0 bridgehead atoms. The summed E-state index contributed by atoms with van der Waals surface area (Å²) in [5.41, 5.74) is 1.74. The molecule has 1 aromatic heterocycles. The first-order chi connectivity index (χ1) is 8.85. The molecule has 0 unspecified atom stereocenters. The van der Waals surface area contributed by atoms with E-state index in [9.17, 15) is 0 Å². The van der Waals surface area contributed by atoms with E-state index in [0.717, 1.165) is 21.9 Å². The van der Waals surface area contributed by atoms with E-state index in [4.69, 9.17) is 13.9 Å². The third-order valence-corrected chi connectivity index (χ3v) is 3.17. The molecule has 0 saturated heterocycles. The molecule has 3 nitrogen and oxygen atoms in total. The van der Waals surface area contributed by atoms with Crippen molar-refractivity contribution in [3.63, 3.8) is 0 Å². The van der Waals surface area contributed by atoms with Gasteiger partial charge in [0.2, 0.25) is 0 Å². The topological polar surface area (TPSA) is 31.6 Å². The monoisotopic (exact) mass is 242 g/mol. The van der Waals surface area contributed by atoms with Crippen molar-refractivity contribution in [1.82, 2.24) is 0 Å². The van der Waals surface area contributed by atoms with Crippen LogP contribution in [0.4, 0.5) is 0 Å². The lowest BCUT2D eigenvalue weighted by molar-refractivity contribution is -0.105. The molecule has 3 rings (SSSR count). The number of furan rings is 1. The third kappa shape index (κ3) is 1.60. The van der Waals surface area contributed by atoms with Crippen LogP contribution in [0.25, 0.3) is 21.7 Å². The van der Waals surface area contributed by atoms with Crippen molar-refractivity contribution in [1.29, 1.82) is 0 Å². The summed E-state index contributed by atoms with van der Waals surface area (Å²) in [6, 6.07) is 12.2. The van der Waals surface area contributed by atoms with Crippen LogP contribution in [0.2, 0.25) is 0 Å². The van der Waals surface area contributed by atoms with Crippen LogP contribution in [-0.4, -0.2) is 14.2 Å². The minimum atomic E-state index is -0.414. The molecular formula is C15H14O3. The summed E-state index contributed by atoms with van der Waals surface area (Å²) in [7, 11) is 3.25. The Hall–Kier alpha value is -1.84. The van der Waals surface area contributed by atoms with Crippen LogP contribution in [-0.2, 0) is 9.47 Å². The normalized spacial score (nSPS) is 11.7. The number of benzene rings is 2. The smallest absolute Gasteiger partial charge is 0.186 e. The number of hydrogen-bond acceptors (Lipinski definition) is 3. The second kappa shape index (κ2) is 4.44. The molecule has 0 spiro atoms. The van der Waals surface area contributed by atoms with Gasteiger partial charge in [-0.3, -0.25) is 0 Å². The SMILES string of the molecule is COC(OC)c1cc2ccccc2c2ccoc12. The minimum Gasteiger partial charge on any atom is -0.464 e. The summed E-state index contributed by atoms with van der Waals surface area (Å²) < 4.78 is 16.2. The molecule has 0 fully saturated rings. The van der Waals surface area contributed by atoms with Gasteiger partial charge in [-0.15, -0.1) is 0 Å². The van der Waals surface area contributed by atoms with Crippen molar-refractivity contribution in [2.75, 3.05) is 14.2 Å². The second-order valence-corrected chi connectivity index (χ2v) is 4.15. The lowest BCUT2D eigenvalue weighted by Gasteiger charge is -2.15. The highest BCUT2D eigenvalue weighted by Crippen LogP contribution is 2.33. The van der Waals surface area contributed by atoms with E-state index in [1.807, 2.05) is 18.2 Å². The molecule has 2 aromatic carbocycles. The van der Waals surface area contributed by atoms with Crippen LogP contribution in [0.3, 0.4) is 0 Å². The van der Waals surface area contributed by atoms with Gasteiger partial charge in [-0.1, -0.05) is 24.3 Å². The van der Waals surface area contributed by atoms with Crippen LogP contribution in [0.5, 0.6) is 0 Å². The molecule has 3 heteroatoms. The highest BCUT2D eigenvalue weighted by Gasteiger charge is 2.17. The molecule has 0 saturated carbocycles. The van der Waals surface area contributed by atoms with E-state index in [1.54, 1.807) is 20.5 Å². The van der Waals surface area contributed by atoms with Gasteiger partial charge in [0, 0.05) is 19.6 Å². The number of methoxy groups -OCH3 is 2. The molecule has 0 atom stereocenters. The van der Waals surface area contributed by atoms with Crippen molar-refractivity contribution in [3.8, 4) is 0 Å². The molecule has 0 radical (unpaired) electrons. The van der Waals surface area contributed by atoms with Gasteiger partial charge in [0.15, 0.2) is 6.29 Å². The van der Waals surface area contributed by atoms with Crippen molar-refractivity contribution in [2.24, 2.45) is 0 Å². The quantitative estimate of drug-likeness (QED) is 0.653. The van der Waals surface area contributed by atoms with Crippen molar-refractivity contribution >= 4 is 21.7 Å². The maximum Gasteiger partial charge on any atom is 0.186 e. The maximum absolute atomic E-state index is 5.58. The van der Waals surface area contributed by atoms with Crippen molar-refractivity contribution in [2.45, 2.75) is 6.29 Å². The first-order valence-corrected chi connectivity index (χ1v) is 5.79.